The zero-order valence-corrected chi connectivity index (χ0v) is 15.9. The molecule has 134 valence electrons. The van der Waals surface area contributed by atoms with Gasteiger partial charge in [0.1, 0.15) is 5.75 Å². The van der Waals surface area contributed by atoms with Crippen molar-refractivity contribution in [1.82, 2.24) is 4.31 Å². The lowest BCUT2D eigenvalue weighted by Crippen LogP contribution is -2.24. The third kappa shape index (κ3) is 6.54. The summed E-state index contributed by atoms with van der Waals surface area (Å²) in [6.07, 6.45) is 1.03. The molecule has 0 aromatic heterocycles. The van der Waals surface area contributed by atoms with Crippen molar-refractivity contribution in [3.63, 3.8) is 0 Å². The van der Waals surface area contributed by atoms with Crippen LogP contribution in [0.4, 0.5) is 0 Å². The van der Waals surface area contributed by atoms with Crippen molar-refractivity contribution in [2.75, 3.05) is 26.6 Å². The third-order valence-corrected chi connectivity index (χ3v) is 5.39. The predicted molar refractivity (Wildman–Crippen MR) is 92.0 cm³/mol. The first-order valence-electron chi connectivity index (χ1n) is 7.26. The van der Waals surface area contributed by atoms with Gasteiger partial charge in [-0.25, -0.2) is 17.3 Å². The van der Waals surface area contributed by atoms with Gasteiger partial charge in [-0.3, -0.25) is 9.05 Å². The molecule has 0 fully saturated rings. The Morgan fingerprint density at radius 2 is 1.67 bits per heavy atom. The van der Waals surface area contributed by atoms with E-state index in [0.717, 1.165) is 10.6 Å². The Morgan fingerprint density at radius 1 is 1.12 bits per heavy atom. The van der Waals surface area contributed by atoms with E-state index in [9.17, 15) is 13.0 Å². The van der Waals surface area contributed by atoms with Gasteiger partial charge in [0.2, 0.25) is 10.0 Å². The fraction of sp³-hybridized carbons (Fsp3) is 0.467. The van der Waals surface area contributed by atoms with Gasteiger partial charge in [-0.2, -0.15) is 0 Å². The summed E-state index contributed by atoms with van der Waals surface area (Å²) in [5.74, 6) is 0.660. The molecule has 24 heavy (non-hydrogen) atoms. The Labute approximate surface area is 143 Å². The van der Waals surface area contributed by atoms with E-state index in [1.54, 1.807) is 45.2 Å². The number of hydrogen-bond donors (Lipinski definition) is 0. The number of benzene rings is 1. The second-order valence-corrected chi connectivity index (χ2v) is 8.32. The lowest BCUT2D eigenvalue weighted by Gasteiger charge is -2.16. The maximum Gasteiger partial charge on any atom is 0.407 e. The molecule has 1 aromatic rings. The van der Waals surface area contributed by atoms with E-state index in [4.69, 9.17) is 13.8 Å². The minimum Gasteiger partial charge on any atom is -0.497 e. The molecular weight excluding hydrogens is 353 g/mol. The van der Waals surface area contributed by atoms with E-state index in [0.29, 0.717) is 11.3 Å². The van der Waals surface area contributed by atoms with E-state index in [-0.39, 0.29) is 19.8 Å². The van der Waals surface area contributed by atoms with Gasteiger partial charge in [0, 0.05) is 11.7 Å². The molecule has 7 nitrogen and oxygen atoms in total. The maximum atomic E-state index is 12.3. The van der Waals surface area contributed by atoms with Gasteiger partial charge in [0.25, 0.3) is 0 Å². The van der Waals surface area contributed by atoms with Crippen molar-refractivity contribution in [2.45, 2.75) is 20.4 Å². The first-order valence-corrected chi connectivity index (χ1v) is 10.7. The van der Waals surface area contributed by atoms with E-state index in [1.165, 1.54) is 0 Å². The molecule has 0 N–H and O–H groups in total. The molecule has 0 saturated carbocycles. The van der Waals surface area contributed by atoms with Crippen molar-refractivity contribution in [2.24, 2.45) is 0 Å². The highest BCUT2D eigenvalue weighted by Gasteiger charge is 2.22. The highest BCUT2D eigenvalue weighted by Crippen LogP contribution is 2.46. The third-order valence-electron chi connectivity index (χ3n) is 2.80. The topological polar surface area (TPSA) is 82.1 Å². The first kappa shape index (κ1) is 20.5. The molecule has 1 aromatic carbocycles. The second kappa shape index (κ2) is 9.09. The Kier molecular flexibility index (Phi) is 7.77. The molecular formula is C15H22NO6PS. The lowest BCUT2D eigenvalue weighted by atomic mass is 10.2. The number of sulfonamides is 1. The van der Waals surface area contributed by atoms with Crippen molar-refractivity contribution in [1.29, 1.82) is 0 Å². The summed E-state index contributed by atoms with van der Waals surface area (Å²) in [4.78, 5) is 0. The van der Waals surface area contributed by atoms with Crippen LogP contribution < -0.4 is 4.74 Å². The zero-order valence-electron chi connectivity index (χ0n) is 14.2. The maximum absolute atomic E-state index is 12.3. The Hall–Kier alpha value is -1.52. The smallest absolute Gasteiger partial charge is 0.407 e. The predicted octanol–water partition coefficient (Wildman–Crippen LogP) is 2.64. The second-order valence-electron chi connectivity index (χ2n) is 4.67. The van der Waals surface area contributed by atoms with Crippen LogP contribution >= 0.6 is 7.60 Å². The normalized spacial score (nSPS) is 11.5. The number of rotatable bonds is 8. The Balaban J connectivity index is 3.06. The largest absolute Gasteiger partial charge is 0.497 e. The molecule has 0 atom stereocenters. The number of hydrogen-bond acceptors (Lipinski definition) is 6. The van der Waals surface area contributed by atoms with Crippen LogP contribution in [0.15, 0.2) is 24.3 Å². The number of ether oxygens (including phenoxy) is 1. The van der Waals surface area contributed by atoms with Crippen LogP contribution in [0.2, 0.25) is 0 Å². The quantitative estimate of drug-likeness (QED) is 0.395. The molecule has 1 rings (SSSR count). The minimum absolute atomic E-state index is 0.00801. The van der Waals surface area contributed by atoms with Crippen molar-refractivity contribution < 1.29 is 26.8 Å². The fourth-order valence-electron chi connectivity index (χ4n) is 1.70. The SMILES string of the molecule is CCOP(=O)(C#CN(Cc1ccc(OC)cc1)S(C)(=O)=O)OCC. The summed E-state index contributed by atoms with van der Waals surface area (Å²) >= 11 is 0. The van der Waals surface area contributed by atoms with E-state index >= 15 is 0 Å². The molecule has 0 amide bonds. The minimum atomic E-state index is -3.65. The zero-order chi connectivity index (χ0) is 18.2. The molecule has 0 aliphatic carbocycles. The molecule has 9 heteroatoms. The average molecular weight is 375 g/mol. The molecule has 0 saturated heterocycles. The van der Waals surface area contributed by atoms with Crippen LogP contribution in [0.25, 0.3) is 0 Å². The van der Waals surface area contributed by atoms with Crippen LogP contribution in [-0.4, -0.2) is 39.3 Å². The summed E-state index contributed by atoms with van der Waals surface area (Å²) in [5, 5.41) is 0. The Morgan fingerprint density at radius 3 is 2.08 bits per heavy atom. The summed E-state index contributed by atoms with van der Waals surface area (Å²) in [6.45, 7) is 3.60. The summed E-state index contributed by atoms with van der Waals surface area (Å²) in [5.41, 5.74) is 3.04. The van der Waals surface area contributed by atoms with Crippen LogP contribution in [0, 0.1) is 11.7 Å². The highest BCUT2D eigenvalue weighted by atomic mass is 32.2. The highest BCUT2D eigenvalue weighted by molar-refractivity contribution is 7.88. The Bertz CT molecular complexity index is 725. The van der Waals surface area contributed by atoms with Gasteiger partial charge < -0.3 is 4.74 Å². The van der Waals surface area contributed by atoms with Gasteiger partial charge in [-0.1, -0.05) is 12.1 Å². The van der Waals surface area contributed by atoms with Gasteiger partial charge >= 0.3 is 7.60 Å². The molecule has 0 aliphatic heterocycles. The van der Waals surface area contributed by atoms with Crippen LogP contribution in [0.3, 0.4) is 0 Å². The van der Waals surface area contributed by atoms with E-state index < -0.39 is 17.6 Å². The van der Waals surface area contributed by atoms with Gasteiger partial charge in [-0.05, 0) is 31.5 Å². The molecule has 0 aliphatic rings. The number of nitrogens with zero attached hydrogens (tertiary/aromatic N) is 1. The van der Waals surface area contributed by atoms with E-state index in [1.807, 2.05) is 0 Å². The molecule has 0 radical (unpaired) electrons. The summed E-state index contributed by atoms with van der Waals surface area (Å²) < 4.78 is 52.2. The first-order chi connectivity index (χ1) is 11.2. The van der Waals surface area contributed by atoms with Gasteiger partial charge in [-0.15, -0.1) is 0 Å². The van der Waals surface area contributed by atoms with Crippen molar-refractivity contribution in [3.8, 4) is 17.5 Å². The average Bonchev–Trinajstić information content (AvgIpc) is 2.51. The van der Waals surface area contributed by atoms with Gasteiger partial charge in [0.05, 0.1) is 33.1 Å². The molecule has 0 bridgehead atoms. The molecule has 0 unspecified atom stereocenters. The standard InChI is InChI=1S/C15H22NO6PS/c1-5-21-23(17,22-6-2)12-11-16(24(4,18)19)13-14-7-9-15(20-3)10-8-14/h7-10H,5-6,13H2,1-4H3. The summed E-state index contributed by atoms with van der Waals surface area (Å²) in [7, 11) is -5.74. The lowest BCUT2D eigenvalue weighted by molar-refractivity contribution is 0.230. The van der Waals surface area contributed by atoms with Crippen LogP contribution in [0.5, 0.6) is 5.75 Å². The van der Waals surface area contributed by atoms with E-state index in [2.05, 4.69) is 11.7 Å². The van der Waals surface area contributed by atoms with Crippen LogP contribution in [0.1, 0.15) is 19.4 Å². The van der Waals surface area contributed by atoms with Crippen LogP contribution in [-0.2, 0) is 30.2 Å². The fourth-order valence-corrected chi connectivity index (χ4v) is 3.48. The summed E-state index contributed by atoms with van der Waals surface area (Å²) in [6, 6.07) is 9.28. The monoisotopic (exact) mass is 375 g/mol. The van der Waals surface area contributed by atoms with Gasteiger partial charge in [0.15, 0.2) is 0 Å². The number of methoxy groups -OCH3 is 1. The molecule has 0 heterocycles. The van der Waals surface area contributed by atoms with Crippen molar-refractivity contribution in [3.05, 3.63) is 29.8 Å². The van der Waals surface area contributed by atoms with Crippen molar-refractivity contribution >= 4 is 17.6 Å². The molecule has 0 spiro atoms.